The van der Waals surface area contributed by atoms with E-state index in [0.29, 0.717) is 38.9 Å². The number of nitrogens with zero attached hydrogens (tertiary/aromatic N) is 2. The van der Waals surface area contributed by atoms with Crippen LogP contribution in [0.25, 0.3) is 0 Å². The summed E-state index contributed by atoms with van der Waals surface area (Å²) in [6.07, 6.45) is 1.70. The predicted molar refractivity (Wildman–Crippen MR) is 109 cm³/mol. The van der Waals surface area contributed by atoms with Crippen molar-refractivity contribution in [1.82, 2.24) is 10.2 Å². The Labute approximate surface area is 167 Å². The highest BCUT2D eigenvalue weighted by molar-refractivity contribution is 6.07. The van der Waals surface area contributed by atoms with Crippen molar-refractivity contribution in [3.63, 3.8) is 0 Å². The van der Waals surface area contributed by atoms with Crippen molar-refractivity contribution >= 4 is 23.4 Å². The summed E-state index contributed by atoms with van der Waals surface area (Å²) in [5, 5.41) is 2.95. The van der Waals surface area contributed by atoms with Crippen molar-refractivity contribution in [2.24, 2.45) is 5.92 Å². The topological polar surface area (TPSA) is 69.7 Å². The molecule has 152 valence electrons. The Morgan fingerprint density at radius 3 is 2.46 bits per heavy atom. The highest BCUT2D eigenvalue weighted by atomic mass is 16.2. The molecule has 1 N–H and O–H groups in total. The van der Waals surface area contributed by atoms with E-state index in [1.807, 2.05) is 56.9 Å². The summed E-state index contributed by atoms with van der Waals surface area (Å²) in [4.78, 5) is 41.2. The number of rotatable bonds is 5. The van der Waals surface area contributed by atoms with Gasteiger partial charge in [-0.25, -0.2) is 0 Å². The van der Waals surface area contributed by atoms with E-state index < -0.39 is 5.41 Å². The van der Waals surface area contributed by atoms with Gasteiger partial charge in [0.05, 0.1) is 5.41 Å². The molecule has 3 amide bonds. The lowest BCUT2D eigenvalue weighted by Crippen LogP contribution is -2.45. The summed E-state index contributed by atoms with van der Waals surface area (Å²) in [5.74, 6) is 0.172. The van der Waals surface area contributed by atoms with E-state index >= 15 is 0 Å². The number of anilines is 1. The summed E-state index contributed by atoms with van der Waals surface area (Å²) < 4.78 is 0. The molecule has 2 aliphatic heterocycles. The summed E-state index contributed by atoms with van der Waals surface area (Å²) in [7, 11) is 0. The number of hydrogen-bond donors (Lipinski definition) is 1. The minimum Gasteiger partial charge on any atom is -0.354 e. The summed E-state index contributed by atoms with van der Waals surface area (Å²) in [6.45, 7) is 9.37. The lowest BCUT2D eigenvalue weighted by atomic mass is 9.86. The van der Waals surface area contributed by atoms with Crippen molar-refractivity contribution in [2.75, 3.05) is 24.5 Å². The van der Waals surface area contributed by atoms with E-state index in [4.69, 9.17) is 0 Å². The van der Waals surface area contributed by atoms with Crippen LogP contribution in [-0.4, -0.2) is 48.3 Å². The number of fused-ring (bicyclic) bond motifs is 1. The fourth-order valence-corrected chi connectivity index (χ4v) is 4.18. The predicted octanol–water partition coefficient (Wildman–Crippen LogP) is 2.46. The molecule has 2 aliphatic rings. The first-order valence-corrected chi connectivity index (χ1v) is 10.2. The number of carbonyl (C=O) groups is 3. The highest BCUT2D eigenvalue weighted by Gasteiger charge is 2.43. The van der Waals surface area contributed by atoms with Crippen molar-refractivity contribution in [3.05, 3.63) is 29.8 Å². The molecule has 0 spiro atoms. The molecule has 1 aromatic carbocycles. The fraction of sp³-hybridized carbons (Fsp3) is 0.591. The standard InChI is InChI=1S/C22H31N3O3/c1-15(2)23-20(27)16-9-12-24(13-10-16)19(26)11-14-25-18-8-6-5-7-17(18)22(3,4)21(25)28/h5-8,15-16H,9-14H2,1-4H3,(H,23,27). The quantitative estimate of drug-likeness (QED) is 0.846. The van der Waals surface area contributed by atoms with Crippen LogP contribution in [0.5, 0.6) is 0 Å². The first kappa shape index (κ1) is 20.4. The largest absolute Gasteiger partial charge is 0.354 e. The van der Waals surface area contributed by atoms with E-state index in [0.717, 1.165) is 11.3 Å². The molecule has 1 aromatic rings. The second kappa shape index (κ2) is 7.94. The van der Waals surface area contributed by atoms with Crippen LogP contribution >= 0.6 is 0 Å². The molecular formula is C22H31N3O3. The minimum absolute atomic E-state index is 0.0146. The van der Waals surface area contributed by atoms with Crippen LogP contribution in [0.4, 0.5) is 5.69 Å². The average Bonchev–Trinajstić information content (AvgIpc) is 2.86. The smallest absolute Gasteiger partial charge is 0.237 e. The third kappa shape index (κ3) is 3.91. The van der Waals surface area contributed by atoms with Gasteiger partial charge in [0.15, 0.2) is 0 Å². The second-order valence-electron chi connectivity index (χ2n) is 8.67. The van der Waals surface area contributed by atoms with Gasteiger partial charge < -0.3 is 15.1 Å². The first-order valence-electron chi connectivity index (χ1n) is 10.2. The number of amides is 3. The van der Waals surface area contributed by atoms with Crippen molar-refractivity contribution in [1.29, 1.82) is 0 Å². The van der Waals surface area contributed by atoms with E-state index in [-0.39, 0.29) is 29.7 Å². The van der Waals surface area contributed by atoms with Crippen LogP contribution in [0, 0.1) is 5.92 Å². The Morgan fingerprint density at radius 1 is 1.18 bits per heavy atom. The Kier molecular flexibility index (Phi) is 5.77. The number of likely N-dealkylation sites (tertiary alicyclic amines) is 1. The van der Waals surface area contributed by atoms with Gasteiger partial charge in [-0.15, -0.1) is 0 Å². The van der Waals surface area contributed by atoms with Crippen molar-refractivity contribution in [2.45, 2.75) is 58.4 Å². The number of hydrogen-bond acceptors (Lipinski definition) is 3. The van der Waals surface area contributed by atoms with Crippen LogP contribution < -0.4 is 10.2 Å². The molecule has 0 aromatic heterocycles. The number of carbonyl (C=O) groups excluding carboxylic acids is 3. The maximum atomic E-state index is 12.8. The molecule has 0 unspecified atom stereocenters. The molecule has 3 rings (SSSR count). The number of para-hydroxylation sites is 1. The van der Waals surface area contributed by atoms with Crippen LogP contribution in [0.2, 0.25) is 0 Å². The zero-order valence-electron chi connectivity index (χ0n) is 17.3. The Balaban J connectivity index is 1.54. The van der Waals surface area contributed by atoms with Gasteiger partial charge in [0.2, 0.25) is 17.7 Å². The third-order valence-corrected chi connectivity index (χ3v) is 5.85. The molecule has 0 aliphatic carbocycles. The van der Waals surface area contributed by atoms with E-state index in [1.54, 1.807) is 4.90 Å². The second-order valence-corrected chi connectivity index (χ2v) is 8.67. The number of piperidine rings is 1. The van der Waals surface area contributed by atoms with Crippen LogP contribution in [0.1, 0.15) is 52.5 Å². The van der Waals surface area contributed by atoms with Gasteiger partial charge in [0.25, 0.3) is 0 Å². The van der Waals surface area contributed by atoms with E-state index in [2.05, 4.69) is 5.32 Å². The molecule has 0 bridgehead atoms. The van der Waals surface area contributed by atoms with Gasteiger partial charge in [0, 0.05) is 43.7 Å². The first-order chi connectivity index (χ1) is 13.2. The molecular weight excluding hydrogens is 354 g/mol. The lowest BCUT2D eigenvalue weighted by molar-refractivity contribution is -0.135. The highest BCUT2D eigenvalue weighted by Crippen LogP contribution is 2.41. The van der Waals surface area contributed by atoms with Gasteiger partial charge in [-0.2, -0.15) is 0 Å². The van der Waals surface area contributed by atoms with Crippen molar-refractivity contribution < 1.29 is 14.4 Å². The zero-order chi connectivity index (χ0) is 20.5. The molecule has 1 saturated heterocycles. The lowest BCUT2D eigenvalue weighted by Gasteiger charge is -2.32. The van der Waals surface area contributed by atoms with Gasteiger partial charge in [-0.3, -0.25) is 14.4 Å². The maximum absolute atomic E-state index is 12.8. The summed E-state index contributed by atoms with van der Waals surface area (Å²) >= 11 is 0. The SMILES string of the molecule is CC(C)NC(=O)C1CCN(C(=O)CCN2C(=O)C(C)(C)c3ccccc32)CC1. The summed E-state index contributed by atoms with van der Waals surface area (Å²) in [6, 6.07) is 7.95. The Morgan fingerprint density at radius 2 is 1.82 bits per heavy atom. The van der Waals surface area contributed by atoms with Crippen LogP contribution in [0.3, 0.4) is 0 Å². The fourth-order valence-electron chi connectivity index (χ4n) is 4.18. The maximum Gasteiger partial charge on any atom is 0.237 e. The van der Waals surface area contributed by atoms with E-state index in [1.165, 1.54) is 0 Å². The van der Waals surface area contributed by atoms with Crippen molar-refractivity contribution in [3.8, 4) is 0 Å². The normalized spacial score (nSPS) is 19.1. The van der Waals surface area contributed by atoms with Crippen LogP contribution in [0.15, 0.2) is 24.3 Å². The molecule has 1 fully saturated rings. The van der Waals surface area contributed by atoms with Gasteiger partial charge in [-0.05, 0) is 52.2 Å². The van der Waals surface area contributed by atoms with Gasteiger partial charge in [-0.1, -0.05) is 18.2 Å². The summed E-state index contributed by atoms with van der Waals surface area (Å²) in [5.41, 5.74) is 1.38. The number of nitrogens with one attached hydrogen (secondary N) is 1. The average molecular weight is 386 g/mol. The molecule has 0 atom stereocenters. The monoisotopic (exact) mass is 385 g/mol. The van der Waals surface area contributed by atoms with Crippen LogP contribution in [-0.2, 0) is 19.8 Å². The Bertz CT molecular complexity index is 764. The Hall–Kier alpha value is -2.37. The molecule has 2 heterocycles. The van der Waals surface area contributed by atoms with Gasteiger partial charge >= 0.3 is 0 Å². The zero-order valence-corrected chi connectivity index (χ0v) is 17.3. The molecule has 0 radical (unpaired) electrons. The van der Waals surface area contributed by atoms with Gasteiger partial charge in [0.1, 0.15) is 0 Å². The minimum atomic E-state index is -0.554. The molecule has 6 nitrogen and oxygen atoms in total. The molecule has 28 heavy (non-hydrogen) atoms. The number of benzene rings is 1. The van der Waals surface area contributed by atoms with E-state index in [9.17, 15) is 14.4 Å². The third-order valence-electron chi connectivity index (χ3n) is 5.85. The molecule has 0 saturated carbocycles. The molecule has 6 heteroatoms.